The van der Waals surface area contributed by atoms with Gasteiger partial charge in [0.1, 0.15) is 6.17 Å². The fourth-order valence-electron chi connectivity index (χ4n) is 5.59. The summed E-state index contributed by atoms with van der Waals surface area (Å²) < 4.78 is 15.2. The number of anilines is 1. The third kappa shape index (κ3) is 2.48. The molecule has 1 atom stereocenters. The Morgan fingerprint density at radius 1 is 1.26 bits per heavy atom. The molecular weight excluding hydrogens is 409 g/mol. The molecule has 27 heavy (non-hydrogen) atoms. The molecule has 1 amide bonds. The van der Waals surface area contributed by atoms with Crippen LogP contribution >= 0.6 is 15.9 Å². The van der Waals surface area contributed by atoms with Crippen LogP contribution in [0, 0.1) is 5.41 Å². The highest BCUT2D eigenvalue weighted by Gasteiger charge is 2.59. The maximum atomic E-state index is 14.3. The largest absolute Gasteiger partial charge is 0.307 e. The Balaban J connectivity index is 1.36. The molecule has 1 aromatic heterocycles. The molecule has 3 heterocycles. The van der Waals surface area contributed by atoms with E-state index in [1.54, 1.807) is 6.20 Å². The summed E-state index contributed by atoms with van der Waals surface area (Å²) in [4.78, 5) is 22.2. The minimum atomic E-state index is -0.621. The molecule has 2 aliphatic heterocycles. The minimum Gasteiger partial charge on any atom is -0.307 e. The number of nitrogens with zero attached hydrogens (tertiary/aromatic N) is 3. The highest BCUT2D eigenvalue weighted by Crippen LogP contribution is 2.57. The quantitative estimate of drug-likeness (QED) is 0.697. The van der Waals surface area contributed by atoms with Gasteiger partial charge in [0, 0.05) is 40.8 Å². The van der Waals surface area contributed by atoms with E-state index in [1.165, 1.54) is 0 Å². The lowest BCUT2D eigenvalue weighted by atomic mass is 9.70. The van der Waals surface area contributed by atoms with Gasteiger partial charge in [0.25, 0.3) is 0 Å². The third-order valence-electron chi connectivity index (χ3n) is 7.63. The number of carbonyl (C=O) groups excluding carboxylic acids is 1. The molecule has 0 aromatic carbocycles. The zero-order valence-corrected chi connectivity index (χ0v) is 17.9. The van der Waals surface area contributed by atoms with Crippen molar-refractivity contribution in [2.75, 3.05) is 18.0 Å². The van der Waals surface area contributed by atoms with Crippen LogP contribution < -0.4 is 4.90 Å². The number of fused-ring (bicyclic) bond motifs is 1. The number of amides is 1. The van der Waals surface area contributed by atoms with E-state index in [9.17, 15) is 9.18 Å². The maximum Gasteiger partial charge on any atom is 0.239 e. The van der Waals surface area contributed by atoms with Crippen LogP contribution in [0.1, 0.15) is 58.6 Å². The SMILES string of the molecule is CC1(C)C(=O)N(C2CC(C)(N3CCC(F)C4(CC4)C3)C2)c2cc(Br)cnc21. The second-order valence-electron chi connectivity index (χ2n) is 9.92. The van der Waals surface area contributed by atoms with Crippen LogP contribution in [0.15, 0.2) is 16.7 Å². The molecule has 1 spiro atoms. The van der Waals surface area contributed by atoms with Gasteiger partial charge in [-0.2, -0.15) is 0 Å². The van der Waals surface area contributed by atoms with Crippen molar-refractivity contribution in [2.45, 2.75) is 76.0 Å². The molecular formula is C21H27BrFN3O. The number of piperidine rings is 1. The van der Waals surface area contributed by atoms with Crippen LogP contribution in [-0.4, -0.2) is 46.6 Å². The second kappa shape index (κ2) is 5.53. The van der Waals surface area contributed by atoms with Gasteiger partial charge in [0.15, 0.2) is 0 Å². The first kappa shape index (κ1) is 18.0. The van der Waals surface area contributed by atoms with Crippen molar-refractivity contribution in [1.82, 2.24) is 9.88 Å². The highest BCUT2D eigenvalue weighted by atomic mass is 79.9. The van der Waals surface area contributed by atoms with E-state index in [-0.39, 0.29) is 22.9 Å². The fraction of sp³-hybridized carbons (Fsp3) is 0.714. The van der Waals surface area contributed by atoms with Gasteiger partial charge in [-0.3, -0.25) is 14.7 Å². The van der Waals surface area contributed by atoms with Crippen molar-refractivity contribution in [3.63, 3.8) is 0 Å². The number of hydrogen-bond donors (Lipinski definition) is 0. The summed E-state index contributed by atoms with van der Waals surface area (Å²) >= 11 is 3.50. The summed E-state index contributed by atoms with van der Waals surface area (Å²) in [6.45, 7) is 7.96. The third-order valence-corrected chi connectivity index (χ3v) is 8.07. The van der Waals surface area contributed by atoms with E-state index in [0.29, 0.717) is 6.42 Å². The van der Waals surface area contributed by atoms with Crippen molar-refractivity contribution < 1.29 is 9.18 Å². The van der Waals surface area contributed by atoms with Gasteiger partial charge >= 0.3 is 0 Å². The van der Waals surface area contributed by atoms with Gasteiger partial charge in [0.05, 0.1) is 16.8 Å². The first-order valence-corrected chi connectivity index (χ1v) is 10.8. The molecule has 4 aliphatic rings. The van der Waals surface area contributed by atoms with E-state index >= 15 is 0 Å². The predicted octanol–water partition coefficient (Wildman–Crippen LogP) is 4.21. The van der Waals surface area contributed by atoms with Crippen molar-refractivity contribution in [3.8, 4) is 0 Å². The first-order chi connectivity index (χ1) is 12.7. The van der Waals surface area contributed by atoms with Crippen molar-refractivity contribution in [1.29, 1.82) is 0 Å². The number of halogens is 2. The minimum absolute atomic E-state index is 0.0564. The second-order valence-corrected chi connectivity index (χ2v) is 10.8. The number of rotatable bonds is 2. The van der Waals surface area contributed by atoms with E-state index in [4.69, 9.17) is 0 Å². The van der Waals surface area contributed by atoms with Gasteiger partial charge < -0.3 is 4.90 Å². The van der Waals surface area contributed by atoms with Gasteiger partial charge in [-0.15, -0.1) is 0 Å². The van der Waals surface area contributed by atoms with E-state index < -0.39 is 11.6 Å². The molecule has 0 bridgehead atoms. The Morgan fingerprint density at radius 3 is 2.63 bits per heavy atom. The standard InChI is InChI=1S/C21H27BrFN3O/c1-19(2)17-15(8-13(22)11-24-17)26(18(19)27)14-9-20(3,10-14)25-7-4-16(23)21(12-25)5-6-21/h8,11,14,16H,4-7,9-10,12H2,1-3H3. The summed E-state index contributed by atoms with van der Waals surface area (Å²) in [5.74, 6) is 0.149. The molecule has 5 rings (SSSR count). The van der Waals surface area contributed by atoms with Crippen LogP contribution in [0.2, 0.25) is 0 Å². The average molecular weight is 436 g/mol. The Morgan fingerprint density at radius 2 is 1.96 bits per heavy atom. The average Bonchev–Trinajstić information content (AvgIpc) is 3.32. The van der Waals surface area contributed by atoms with E-state index in [2.05, 4.69) is 32.7 Å². The molecule has 6 heteroatoms. The number of alkyl halides is 1. The van der Waals surface area contributed by atoms with Gasteiger partial charge in [-0.1, -0.05) is 0 Å². The number of hydrogen-bond acceptors (Lipinski definition) is 3. The van der Waals surface area contributed by atoms with Crippen molar-refractivity contribution in [3.05, 3.63) is 22.4 Å². The topological polar surface area (TPSA) is 36.4 Å². The molecule has 4 nitrogen and oxygen atoms in total. The van der Waals surface area contributed by atoms with Crippen molar-refractivity contribution in [2.24, 2.45) is 5.41 Å². The predicted molar refractivity (Wildman–Crippen MR) is 107 cm³/mol. The lowest BCUT2D eigenvalue weighted by Gasteiger charge is -2.57. The number of aromatic nitrogens is 1. The van der Waals surface area contributed by atoms with E-state index in [0.717, 1.165) is 54.6 Å². The molecule has 2 saturated carbocycles. The van der Waals surface area contributed by atoms with E-state index in [1.807, 2.05) is 24.8 Å². The summed E-state index contributed by atoms with van der Waals surface area (Å²) in [5.41, 5.74) is 1.27. The summed E-state index contributed by atoms with van der Waals surface area (Å²) in [6.07, 6.45) is 5.80. The van der Waals surface area contributed by atoms with Gasteiger partial charge in [-0.05, 0) is 74.9 Å². The van der Waals surface area contributed by atoms with Crippen LogP contribution in [0.4, 0.5) is 10.1 Å². The molecule has 146 valence electrons. The van der Waals surface area contributed by atoms with Gasteiger partial charge in [0.2, 0.25) is 5.91 Å². The summed E-state index contributed by atoms with van der Waals surface area (Å²) in [5, 5.41) is 0. The molecule has 3 fully saturated rings. The summed E-state index contributed by atoms with van der Waals surface area (Å²) in [7, 11) is 0. The molecule has 1 saturated heterocycles. The first-order valence-electron chi connectivity index (χ1n) is 10.1. The maximum absolute atomic E-state index is 14.3. The Hall–Kier alpha value is -1.01. The Kier molecular flexibility index (Phi) is 3.70. The smallest absolute Gasteiger partial charge is 0.239 e. The Bertz CT molecular complexity index is 816. The lowest BCUT2D eigenvalue weighted by Crippen LogP contribution is -2.65. The van der Waals surface area contributed by atoms with Crippen LogP contribution in [0.5, 0.6) is 0 Å². The molecule has 2 aliphatic carbocycles. The normalized spacial score (nSPS) is 36.6. The molecule has 1 aromatic rings. The highest BCUT2D eigenvalue weighted by molar-refractivity contribution is 9.10. The fourth-order valence-corrected chi connectivity index (χ4v) is 5.91. The zero-order chi connectivity index (χ0) is 19.2. The van der Waals surface area contributed by atoms with Crippen LogP contribution in [-0.2, 0) is 10.2 Å². The lowest BCUT2D eigenvalue weighted by molar-refractivity contribution is -0.124. The monoisotopic (exact) mass is 435 g/mol. The Labute approximate surface area is 168 Å². The van der Waals surface area contributed by atoms with Crippen molar-refractivity contribution >= 4 is 27.5 Å². The molecule has 0 radical (unpaired) electrons. The molecule has 1 unspecified atom stereocenters. The summed E-state index contributed by atoms with van der Waals surface area (Å²) in [6, 6.07) is 2.23. The number of likely N-dealkylation sites (tertiary alicyclic amines) is 1. The molecule has 0 N–H and O–H groups in total. The number of pyridine rings is 1. The van der Waals surface area contributed by atoms with Gasteiger partial charge in [-0.25, -0.2) is 4.39 Å². The number of carbonyl (C=O) groups is 1. The van der Waals surface area contributed by atoms with Crippen LogP contribution in [0.25, 0.3) is 0 Å². The van der Waals surface area contributed by atoms with Crippen LogP contribution in [0.3, 0.4) is 0 Å². The zero-order valence-electron chi connectivity index (χ0n) is 16.3.